The predicted octanol–water partition coefficient (Wildman–Crippen LogP) is 12.2. The van der Waals surface area contributed by atoms with Gasteiger partial charge in [-0.25, -0.2) is 0 Å². The van der Waals surface area contributed by atoms with Crippen LogP contribution in [-0.4, -0.2) is 9.49 Å². The largest absolute Gasteiger partial charge is 0.0749 e. The van der Waals surface area contributed by atoms with Crippen LogP contribution >= 0.6 is 51.1 Å². The van der Waals surface area contributed by atoms with Gasteiger partial charge in [0.1, 0.15) is 0 Å². The highest BCUT2D eigenvalue weighted by molar-refractivity contribution is 9.35. The second-order valence-corrected chi connectivity index (χ2v) is 17.0. The molecular formula is C24H50S5. The van der Waals surface area contributed by atoms with Gasteiger partial charge >= 0.3 is 0 Å². The van der Waals surface area contributed by atoms with Gasteiger partial charge < -0.3 is 0 Å². The maximum atomic E-state index is 2.37. The smallest absolute Gasteiger partial charge is 0.0272 e. The molecule has 0 aliphatic heterocycles. The molecule has 0 aliphatic carbocycles. The molecule has 0 saturated heterocycles. The van der Waals surface area contributed by atoms with Crippen molar-refractivity contribution in [3.8, 4) is 0 Å². The van der Waals surface area contributed by atoms with E-state index in [4.69, 9.17) is 0 Å². The van der Waals surface area contributed by atoms with E-state index >= 15 is 0 Å². The fourth-order valence-electron chi connectivity index (χ4n) is 4.09. The first-order valence-electron chi connectivity index (χ1n) is 12.4. The van der Waals surface area contributed by atoms with E-state index in [0.29, 0.717) is 9.49 Å². The van der Waals surface area contributed by atoms with Gasteiger partial charge in [0.05, 0.1) is 0 Å². The standard InChI is InChI=1S/C24H50S5/c1-7-13-19-23(17-11-5,20-14-8-2)25-27-29-28-26-24(18-12-6,21-15-9-3)22-16-10-4/h7-22H2,1-6H3. The molecule has 0 amide bonds. The molecule has 0 bridgehead atoms. The summed E-state index contributed by atoms with van der Waals surface area (Å²) in [6.07, 6.45) is 21.9. The number of hydrogen-bond acceptors (Lipinski definition) is 5. The molecule has 0 N–H and O–H groups in total. The van der Waals surface area contributed by atoms with Crippen molar-refractivity contribution in [2.24, 2.45) is 0 Å². The monoisotopic (exact) mass is 498 g/mol. The molecule has 0 aromatic rings. The van der Waals surface area contributed by atoms with Gasteiger partial charge in [0.15, 0.2) is 0 Å². The Morgan fingerprint density at radius 3 is 0.931 bits per heavy atom. The van der Waals surface area contributed by atoms with Gasteiger partial charge in [-0.1, -0.05) is 127 Å². The molecule has 0 aromatic heterocycles. The highest BCUT2D eigenvalue weighted by Crippen LogP contribution is 2.59. The third-order valence-electron chi connectivity index (χ3n) is 5.83. The first-order chi connectivity index (χ1) is 14.1. The molecule has 176 valence electrons. The SMILES string of the molecule is CCCCC(CCC)(CCCC)SSSSSC(CCC)(CCCC)CCCC. The van der Waals surface area contributed by atoms with Crippen molar-refractivity contribution >= 4 is 51.1 Å². The van der Waals surface area contributed by atoms with Crippen LogP contribution < -0.4 is 0 Å². The van der Waals surface area contributed by atoms with Gasteiger partial charge in [-0.15, -0.1) is 0 Å². The third kappa shape index (κ3) is 14.5. The second-order valence-electron chi connectivity index (χ2n) is 8.65. The minimum absolute atomic E-state index is 0.509. The van der Waals surface area contributed by atoms with E-state index in [9.17, 15) is 0 Å². The lowest BCUT2D eigenvalue weighted by Gasteiger charge is -2.33. The molecule has 0 radical (unpaired) electrons. The Morgan fingerprint density at radius 2 is 0.690 bits per heavy atom. The van der Waals surface area contributed by atoms with Crippen LogP contribution in [0.5, 0.6) is 0 Å². The number of rotatable bonds is 22. The van der Waals surface area contributed by atoms with Gasteiger partial charge in [-0.2, -0.15) is 0 Å². The summed E-state index contributed by atoms with van der Waals surface area (Å²) < 4.78 is 1.02. The maximum absolute atomic E-state index is 2.37. The Bertz CT molecular complexity index is 300. The average molecular weight is 499 g/mol. The second kappa shape index (κ2) is 20.4. The van der Waals surface area contributed by atoms with Crippen molar-refractivity contribution in [1.82, 2.24) is 0 Å². The molecule has 0 saturated carbocycles. The fraction of sp³-hybridized carbons (Fsp3) is 1.00. The van der Waals surface area contributed by atoms with Crippen molar-refractivity contribution in [1.29, 1.82) is 0 Å². The van der Waals surface area contributed by atoms with Crippen LogP contribution in [0.25, 0.3) is 0 Å². The maximum Gasteiger partial charge on any atom is 0.0272 e. The van der Waals surface area contributed by atoms with E-state index < -0.39 is 0 Å². The van der Waals surface area contributed by atoms with E-state index in [1.807, 2.05) is 0 Å². The van der Waals surface area contributed by atoms with Crippen molar-refractivity contribution < 1.29 is 0 Å². The molecule has 0 spiro atoms. The molecule has 0 rings (SSSR count). The predicted molar refractivity (Wildman–Crippen MR) is 151 cm³/mol. The van der Waals surface area contributed by atoms with E-state index in [2.05, 4.69) is 92.6 Å². The highest BCUT2D eigenvalue weighted by atomic mass is 33.8. The van der Waals surface area contributed by atoms with Gasteiger partial charge in [0.25, 0.3) is 0 Å². The van der Waals surface area contributed by atoms with Crippen molar-refractivity contribution in [2.75, 3.05) is 0 Å². The molecule has 0 aliphatic rings. The molecule has 5 heteroatoms. The summed E-state index contributed by atoms with van der Waals surface area (Å²) in [6, 6.07) is 0. The molecule has 29 heavy (non-hydrogen) atoms. The van der Waals surface area contributed by atoms with Gasteiger partial charge in [-0.05, 0) is 68.0 Å². The minimum Gasteiger partial charge on any atom is -0.0749 e. The molecule has 0 atom stereocenters. The first kappa shape index (κ1) is 30.8. The Labute approximate surface area is 203 Å². The van der Waals surface area contributed by atoms with Gasteiger partial charge in [-0.3, -0.25) is 0 Å². The molecular weight excluding hydrogens is 449 g/mol. The number of unbranched alkanes of at least 4 members (excludes halogenated alkanes) is 4. The summed E-state index contributed by atoms with van der Waals surface area (Å²) in [5.74, 6) is 0. The van der Waals surface area contributed by atoms with Gasteiger partial charge in [0.2, 0.25) is 0 Å². The van der Waals surface area contributed by atoms with Crippen LogP contribution in [0.4, 0.5) is 0 Å². The van der Waals surface area contributed by atoms with E-state index in [1.54, 1.807) is 0 Å². The van der Waals surface area contributed by atoms with E-state index in [0.717, 1.165) is 0 Å². The van der Waals surface area contributed by atoms with Crippen LogP contribution in [0.3, 0.4) is 0 Å². The third-order valence-corrected chi connectivity index (χ3v) is 16.1. The minimum atomic E-state index is 0.509. The van der Waals surface area contributed by atoms with Gasteiger partial charge in [0, 0.05) is 9.49 Å². The van der Waals surface area contributed by atoms with Crippen molar-refractivity contribution in [3.63, 3.8) is 0 Å². The quantitative estimate of drug-likeness (QED) is 0.107. The van der Waals surface area contributed by atoms with Crippen LogP contribution in [-0.2, 0) is 0 Å². The molecule has 0 heterocycles. The Hall–Kier alpha value is 1.75. The highest BCUT2D eigenvalue weighted by Gasteiger charge is 2.31. The summed E-state index contributed by atoms with van der Waals surface area (Å²) >= 11 is 0. The van der Waals surface area contributed by atoms with Crippen molar-refractivity contribution in [3.05, 3.63) is 0 Å². The lowest BCUT2D eigenvalue weighted by Crippen LogP contribution is -2.23. The fourth-order valence-corrected chi connectivity index (χ4v) is 15.8. The Kier molecular flexibility index (Phi) is 21.6. The summed E-state index contributed by atoms with van der Waals surface area (Å²) in [4.78, 5) is 0. The van der Waals surface area contributed by atoms with Crippen LogP contribution in [0.1, 0.15) is 144 Å². The normalized spacial score (nSPS) is 12.6. The summed E-state index contributed by atoms with van der Waals surface area (Å²) in [5, 5.41) is 0. The summed E-state index contributed by atoms with van der Waals surface area (Å²) in [6.45, 7) is 14.1. The zero-order valence-corrected chi connectivity index (χ0v) is 24.4. The average Bonchev–Trinajstić information content (AvgIpc) is 2.73. The van der Waals surface area contributed by atoms with E-state index in [1.165, 1.54) is 103 Å². The molecule has 0 aromatic carbocycles. The molecule has 0 unspecified atom stereocenters. The Morgan fingerprint density at radius 1 is 0.379 bits per heavy atom. The van der Waals surface area contributed by atoms with E-state index in [-0.39, 0.29) is 0 Å². The lowest BCUT2D eigenvalue weighted by molar-refractivity contribution is 0.436. The zero-order valence-electron chi connectivity index (χ0n) is 20.4. The first-order valence-corrected chi connectivity index (χ1v) is 18.6. The molecule has 0 nitrogen and oxygen atoms in total. The van der Waals surface area contributed by atoms with Crippen LogP contribution in [0.2, 0.25) is 0 Å². The summed E-state index contributed by atoms with van der Waals surface area (Å²) in [7, 11) is 10.7. The summed E-state index contributed by atoms with van der Waals surface area (Å²) in [5.41, 5.74) is 0. The molecule has 0 fully saturated rings. The topological polar surface area (TPSA) is 0 Å². The lowest BCUT2D eigenvalue weighted by atomic mass is 9.91. The van der Waals surface area contributed by atoms with Crippen LogP contribution in [0, 0.1) is 0 Å². The van der Waals surface area contributed by atoms with Crippen molar-refractivity contribution in [2.45, 2.75) is 154 Å². The van der Waals surface area contributed by atoms with Crippen LogP contribution in [0.15, 0.2) is 0 Å². The Balaban J connectivity index is 4.72. The zero-order chi connectivity index (χ0) is 21.8. The number of hydrogen-bond donors (Lipinski definition) is 0.